The lowest BCUT2D eigenvalue weighted by atomic mass is 9.98. The van der Waals surface area contributed by atoms with E-state index < -0.39 is 24.0 Å². The molecule has 0 radical (unpaired) electrons. The van der Waals surface area contributed by atoms with Crippen molar-refractivity contribution in [3.63, 3.8) is 0 Å². The summed E-state index contributed by atoms with van der Waals surface area (Å²) in [6, 6.07) is 22.3. The van der Waals surface area contributed by atoms with E-state index in [2.05, 4.69) is 34.9 Å². The lowest BCUT2D eigenvalue weighted by Gasteiger charge is -2.14. The van der Waals surface area contributed by atoms with Crippen LogP contribution in [-0.4, -0.2) is 35.7 Å². The maximum absolute atomic E-state index is 12.4. The Bertz CT molecular complexity index is 1220. The number of nitrogens with one attached hydrogen (secondary N) is 2. The van der Waals surface area contributed by atoms with Crippen LogP contribution < -0.4 is 10.6 Å². The number of benzene rings is 3. The zero-order valence-corrected chi connectivity index (χ0v) is 19.2. The van der Waals surface area contributed by atoms with Crippen molar-refractivity contribution < 1.29 is 24.2 Å². The van der Waals surface area contributed by atoms with Gasteiger partial charge in [-0.1, -0.05) is 67.6 Å². The van der Waals surface area contributed by atoms with Gasteiger partial charge in [-0.15, -0.1) is 0 Å². The molecule has 1 unspecified atom stereocenters. The van der Waals surface area contributed by atoms with Crippen LogP contribution in [0.15, 0.2) is 78.9 Å². The number of carboxylic acid groups (broad SMARTS) is 1. The van der Waals surface area contributed by atoms with Gasteiger partial charge in [0.15, 0.2) is 0 Å². The van der Waals surface area contributed by atoms with E-state index in [1.54, 1.807) is 37.3 Å². The number of carbonyl (C=O) groups is 3. The lowest BCUT2D eigenvalue weighted by Crippen LogP contribution is -2.39. The van der Waals surface area contributed by atoms with Gasteiger partial charge in [0, 0.05) is 17.7 Å². The van der Waals surface area contributed by atoms with Crippen LogP contribution in [0.1, 0.15) is 36.0 Å². The molecule has 7 nitrogen and oxygen atoms in total. The number of ether oxygens (including phenoxy) is 1. The quantitative estimate of drug-likeness (QED) is 0.400. The van der Waals surface area contributed by atoms with E-state index in [1.165, 1.54) is 17.2 Å². The van der Waals surface area contributed by atoms with Gasteiger partial charge in [-0.05, 0) is 52.4 Å². The molecule has 7 heteroatoms. The first-order valence-corrected chi connectivity index (χ1v) is 11.4. The second kappa shape index (κ2) is 10.7. The average molecular weight is 471 g/mol. The maximum atomic E-state index is 12.4. The number of fused-ring (bicyclic) bond motifs is 3. The minimum absolute atomic E-state index is 0.0137. The van der Waals surface area contributed by atoms with E-state index in [-0.39, 0.29) is 12.5 Å². The SMILES string of the molecule is CCC(NC(=O)/C=C/c1ccc(NC(=O)OCC2c3ccccc3-c3ccccc32)cc1)C(=O)O. The van der Waals surface area contributed by atoms with Crippen molar-refractivity contribution in [3.8, 4) is 11.1 Å². The molecule has 3 aromatic rings. The molecule has 178 valence electrons. The third-order valence-electron chi connectivity index (χ3n) is 5.95. The summed E-state index contributed by atoms with van der Waals surface area (Å²) in [4.78, 5) is 35.3. The van der Waals surface area contributed by atoms with E-state index in [4.69, 9.17) is 9.84 Å². The van der Waals surface area contributed by atoms with Gasteiger partial charge < -0.3 is 15.2 Å². The number of aliphatic carboxylic acids is 1. The Balaban J connectivity index is 1.32. The van der Waals surface area contributed by atoms with Gasteiger partial charge in [0.05, 0.1) is 0 Å². The van der Waals surface area contributed by atoms with E-state index in [1.807, 2.05) is 24.3 Å². The number of carboxylic acids is 1. The van der Waals surface area contributed by atoms with Crippen LogP contribution in [-0.2, 0) is 14.3 Å². The molecule has 0 saturated heterocycles. The number of amides is 2. The molecule has 0 fully saturated rings. The molecule has 2 amide bonds. The molecular weight excluding hydrogens is 444 g/mol. The van der Waals surface area contributed by atoms with E-state index in [0.29, 0.717) is 12.1 Å². The normalized spacial score (nSPS) is 13.1. The second-order valence-corrected chi connectivity index (χ2v) is 8.21. The molecule has 4 rings (SSSR count). The number of carbonyl (C=O) groups excluding carboxylic acids is 2. The molecule has 0 saturated carbocycles. The van der Waals surface area contributed by atoms with Crippen molar-refractivity contribution >= 4 is 29.7 Å². The first kappa shape index (κ1) is 23.8. The van der Waals surface area contributed by atoms with Crippen molar-refractivity contribution in [2.75, 3.05) is 11.9 Å². The van der Waals surface area contributed by atoms with E-state index in [0.717, 1.165) is 16.7 Å². The summed E-state index contributed by atoms with van der Waals surface area (Å²) >= 11 is 0. The largest absolute Gasteiger partial charge is 0.480 e. The van der Waals surface area contributed by atoms with Crippen LogP contribution in [0.4, 0.5) is 10.5 Å². The average Bonchev–Trinajstić information content (AvgIpc) is 3.19. The maximum Gasteiger partial charge on any atom is 0.411 e. The third kappa shape index (κ3) is 5.58. The predicted molar refractivity (Wildman–Crippen MR) is 134 cm³/mol. The van der Waals surface area contributed by atoms with Crippen molar-refractivity contribution in [1.82, 2.24) is 5.32 Å². The van der Waals surface area contributed by atoms with Crippen LogP contribution in [0.3, 0.4) is 0 Å². The predicted octanol–water partition coefficient (Wildman–Crippen LogP) is 5.04. The molecule has 0 spiro atoms. The molecule has 0 bridgehead atoms. The van der Waals surface area contributed by atoms with E-state index in [9.17, 15) is 14.4 Å². The van der Waals surface area contributed by atoms with E-state index >= 15 is 0 Å². The van der Waals surface area contributed by atoms with Crippen LogP contribution in [0, 0.1) is 0 Å². The molecule has 0 aliphatic heterocycles. The number of hydrogen-bond acceptors (Lipinski definition) is 4. The van der Waals surface area contributed by atoms with Crippen LogP contribution in [0.25, 0.3) is 17.2 Å². The van der Waals surface area contributed by atoms with Gasteiger partial charge in [-0.25, -0.2) is 9.59 Å². The molecule has 1 atom stereocenters. The second-order valence-electron chi connectivity index (χ2n) is 8.21. The molecule has 0 heterocycles. The molecular formula is C28H26N2O5. The summed E-state index contributed by atoms with van der Waals surface area (Å²) in [5, 5.41) is 14.2. The number of anilines is 1. The fourth-order valence-electron chi connectivity index (χ4n) is 4.16. The standard InChI is InChI=1S/C28H26N2O5/c1-2-25(27(32)33)30-26(31)16-13-18-11-14-19(15-12-18)29-28(34)35-17-24-22-9-5-3-7-20(22)21-8-4-6-10-23(21)24/h3-16,24-25H,2,17H2,1H3,(H,29,34)(H,30,31)(H,32,33)/b16-13+. The Kier molecular flexibility index (Phi) is 7.26. The third-order valence-corrected chi connectivity index (χ3v) is 5.95. The fourth-order valence-corrected chi connectivity index (χ4v) is 4.16. The van der Waals surface area contributed by atoms with Crippen LogP contribution in [0.2, 0.25) is 0 Å². The number of hydrogen-bond donors (Lipinski definition) is 3. The molecule has 3 N–H and O–H groups in total. The van der Waals surface area contributed by atoms with Crippen molar-refractivity contribution in [3.05, 3.63) is 95.6 Å². The Morgan fingerprint density at radius 1 is 0.943 bits per heavy atom. The highest BCUT2D eigenvalue weighted by Crippen LogP contribution is 2.44. The first-order chi connectivity index (χ1) is 17.0. The smallest absolute Gasteiger partial charge is 0.411 e. The molecule has 3 aromatic carbocycles. The van der Waals surface area contributed by atoms with Crippen LogP contribution >= 0.6 is 0 Å². The highest BCUT2D eigenvalue weighted by molar-refractivity contribution is 5.94. The first-order valence-electron chi connectivity index (χ1n) is 11.4. The van der Waals surface area contributed by atoms with Gasteiger partial charge in [0.1, 0.15) is 12.6 Å². The Morgan fingerprint density at radius 2 is 1.54 bits per heavy atom. The highest BCUT2D eigenvalue weighted by atomic mass is 16.5. The summed E-state index contributed by atoms with van der Waals surface area (Å²) < 4.78 is 5.55. The van der Waals surface area contributed by atoms with Crippen molar-refractivity contribution in [1.29, 1.82) is 0 Å². The molecule has 1 aliphatic rings. The summed E-state index contributed by atoms with van der Waals surface area (Å²) in [5.74, 6) is -1.57. The summed E-state index contributed by atoms with van der Waals surface area (Å²) in [6.45, 7) is 1.91. The van der Waals surface area contributed by atoms with Crippen molar-refractivity contribution in [2.45, 2.75) is 25.3 Å². The van der Waals surface area contributed by atoms with Crippen LogP contribution in [0.5, 0.6) is 0 Å². The zero-order chi connectivity index (χ0) is 24.8. The van der Waals surface area contributed by atoms with Gasteiger partial charge in [-0.3, -0.25) is 10.1 Å². The molecule has 35 heavy (non-hydrogen) atoms. The van der Waals surface area contributed by atoms with Crippen molar-refractivity contribution in [2.24, 2.45) is 0 Å². The summed E-state index contributed by atoms with van der Waals surface area (Å²) in [7, 11) is 0. The summed E-state index contributed by atoms with van der Waals surface area (Å²) in [5.41, 5.74) is 5.91. The van der Waals surface area contributed by atoms with Gasteiger partial charge in [-0.2, -0.15) is 0 Å². The minimum atomic E-state index is -1.07. The molecule has 1 aliphatic carbocycles. The monoisotopic (exact) mass is 470 g/mol. The number of rotatable bonds is 8. The molecule has 0 aromatic heterocycles. The van der Waals surface area contributed by atoms with Gasteiger partial charge in [0.25, 0.3) is 0 Å². The highest BCUT2D eigenvalue weighted by Gasteiger charge is 2.29. The topological polar surface area (TPSA) is 105 Å². The zero-order valence-electron chi connectivity index (χ0n) is 19.2. The Labute approximate surface area is 203 Å². The summed E-state index contributed by atoms with van der Waals surface area (Å²) in [6.07, 6.45) is 2.60. The lowest BCUT2D eigenvalue weighted by molar-refractivity contribution is -0.141. The Morgan fingerprint density at radius 3 is 2.11 bits per heavy atom. The fraction of sp³-hybridized carbons (Fsp3) is 0.179. The van der Waals surface area contributed by atoms with Gasteiger partial charge in [0.2, 0.25) is 5.91 Å². The minimum Gasteiger partial charge on any atom is -0.480 e. The van der Waals surface area contributed by atoms with Gasteiger partial charge >= 0.3 is 12.1 Å². The Hall–Kier alpha value is -4.39.